The largest absolute Gasteiger partial charge is 0.392 e. The van der Waals surface area contributed by atoms with E-state index >= 15 is 0 Å². The van der Waals surface area contributed by atoms with Gasteiger partial charge in [0.05, 0.1) is 6.61 Å². The molecule has 0 bridgehead atoms. The number of hydrogen-bond donors (Lipinski definition) is 1. The van der Waals surface area contributed by atoms with Crippen LogP contribution in [0.2, 0.25) is 0 Å². The summed E-state index contributed by atoms with van der Waals surface area (Å²) >= 11 is 0. The van der Waals surface area contributed by atoms with Gasteiger partial charge in [-0.25, -0.2) is 0 Å². The number of rotatable bonds is 2. The lowest BCUT2D eigenvalue weighted by atomic mass is 9.67. The highest BCUT2D eigenvalue weighted by molar-refractivity contribution is 5.31. The van der Waals surface area contributed by atoms with Crippen molar-refractivity contribution < 1.29 is 5.11 Å². The SMILES string of the molecule is CC1=CC2C(=C(CO)CCC2C(C)C)CC1. The molecular formula is C15H24O. The topological polar surface area (TPSA) is 20.2 Å². The van der Waals surface area contributed by atoms with Gasteiger partial charge in [0.1, 0.15) is 0 Å². The van der Waals surface area contributed by atoms with Gasteiger partial charge in [0.15, 0.2) is 0 Å². The minimum atomic E-state index is 0.281. The van der Waals surface area contributed by atoms with E-state index < -0.39 is 0 Å². The molecule has 0 fully saturated rings. The molecule has 2 aliphatic carbocycles. The smallest absolute Gasteiger partial charge is 0.0644 e. The van der Waals surface area contributed by atoms with Crippen LogP contribution in [0, 0.1) is 17.8 Å². The van der Waals surface area contributed by atoms with Crippen molar-refractivity contribution in [3.8, 4) is 0 Å². The van der Waals surface area contributed by atoms with Gasteiger partial charge in [-0.3, -0.25) is 0 Å². The Morgan fingerprint density at radius 3 is 2.69 bits per heavy atom. The molecule has 0 amide bonds. The zero-order valence-corrected chi connectivity index (χ0v) is 10.8. The van der Waals surface area contributed by atoms with Crippen LogP contribution < -0.4 is 0 Å². The van der Waals surface area contributed by atoms with Crippen molar-refractivity contribution >= 4 is 0 Å². The van der Waals surface area contributed by atoms with Crippen molar-refractivity contribution in [1.29, 1.82) is 0 Å². The Bertz CT molecular complexity index is 322. The van der Waals surface area contributed by atoms with Crippen molar-refractivity contribution in [1.82, 2.24) is 0 Å². The third-order valence-electron chi connectivity index (χ3n) is 4.40. The van der Waals surface area contributed by atoms with Crippen LogP contribution in [0.5, 0.6) is 0 Å². The zero-order valence-electron chi connectivity index (χ0n) is 10.8. The third-order valence-corrected chi connectivity index (χ3v) is 4.40. The molecule has 0 heterocycles. The van der Waals surface area contributed by atoms with Crippen LogP contribution in [0.4, 0.5) is 0 Å². The lowest BCUT2D eigenvalue weighted by Gasteiger charge is -2.39. The summed E-state index contributed by atoms with van der Waals surface area (Å²) in [5, 5.41) is 9.44. The van der Waals surface area contributed by atoms with Gasteiger partial charge >= 0.3 is 0 Å². The lowest BCUT2D eigenvalue weighted by Crippen LogP contribution is -2.28. The average Bonchev–Trinajstić information content (AvgIpc) is 2.26. The molecule has 0 aromatic carbocycles. The standard InChI is InChI=1S/C15H24O/c1-10(2)13-7-5-12(9-16)14-6-4-11(3)8-15(13)14/h8,10,13,15-16H,4-7,9H2,1-3H3. The number of allylic oxidation sites excluding steroid dienone is 3. The average molecular weight is 220 g/mol. The maximum atomic E-state index is 9.44. The van der Waals surface area contributed by atoms with E-state index in [0.29, 0.717) is 5.92 Å². The predicted octanol–water partition coefficient (Wildman–Crippen LogP) is 3.70. The first-order chi connectivity index (χ1) is 7.63. The Labute approximate surface area is 99.3 Å². The fourth-order valence-electron chi connectivity index (χ4n) is 3.39. The number of fused-ring (bicyclic) bond motifs is 1. The highest BCUT2D eigenvalue weighted by Crippen LogP contribution is 2.44. The van der Waals surface area contributed by atoms with Gasteiger partial charge < -0.3 is 5.11 Å². The Morgan fingerprint density at radius 2 is 2.06 bits per heavy atom. The van der Waals surface area contributed by atoms with Gasteiger partial charge in [-0.1, -0.05) is 31.1 Å². The van der Waals surface area contributed by atoms with E-state index in [-0.39, 0.29) is 6.61 Å². The molecule has 1 heteroatoms. The van der Waals surface area contributed by atoms with Crippen LogP contribution in [0.1, 0.15) is 46.5 Å². The summed E-state index contributed by atoms with van der Waals surface area (Å²) in [4.78, 5) is 0. The van der Waals surface area contributed by atoms with Crippen LogP contribution in [0.15, 0.2) is 22.8 Å². The number of aliphatic hydroxyl groups excluding tert-OH is 1. The zero-order chi connectivity index (χ0) is 11.7. The molecular weight excluding hydrogens is 196 g/mol. The summed E-state index contributed by atoms with van der Waals surface area (Å²) in [6.45, 7) is 7.21. The fourth-order valence-corrected chi connectivity index (χ4v) is 3.39. The van der Waals surface area contributed by atoms with Gasteiger partial charge in [0, 0.05) is 5.92 Å². The molecule has 1 nitrogen and oxygen atoms in total. The highest BCUT2D eigenvalue weighted by Gasteiger charge is 2.33. The molecule has 90 valence electrons. The normalized spacial score (nSPS) is 30.4. The van der Waals surface area contributed by atoms with Crippen molar-refractivity contribution in [2.45, 2.75) is 46.5 Å². The summed E-state index contributed by atoms with van der Waals surface area (Å²) in [6.07, 6.45) is 7.23. The second kappa shape index (κ2) is 4.75. The van der Waals surface area contributed by atoms with Crippen molar-refractivity contribution in [3.63, 3.8) is 0 Å². The minimum absolute atomic E-state index is 0.281. The molecule has 0 spiro atoms. The van der Waals surface area contributed by atoms with Crippen LogP contribution in [-0.2, 0) is 0 Å². The quantitative estimate of drug-likeness (QED) is 0.704. The van der Waals surface area contributed by atoms with Crippen LogP contribution in [-0.4, -0.2) is 11.7 Å². The summed E-state index contributed by atoms with van der Waals surface area (Å²) in [5.41, 5.74) is 4.45. The van der Waals surface area contributed by atoms with Crippen LogP contribution >= 0.6 is 0 Å². The van der Waals surface area contributed by atoms with E-state index in [1.165, 1.54) is 24.8 Å². The van der Waals surface area contributed by atoms with Crippen LogP contribution in [0.25, 0.3) is 0 Å². The summed E-state index contributed by atoms with van der Waals surface area (Å²) in [7, 11) is 0. The summed E-state index contributed by atoms with van der Waals surface area (Å²) in [6, 6.07) is 0. The lowest BCUT2D eigenvalue weighted by molar-refractivity contribution is 0.254. The molecule has 0 saturated heterocycles. The van der Waals surface area contributed by atoms with Gasteiger partial charge in [-0.05, 0) is 50.0 Å². The molecule has 2 unspecified atom stereocenters. The molecule has 0 radical (unpaired) electrons. The van der Waals surface area contributed by atoms with E-state index in [1.54, 1.807) is 11.1 Å². The molecule has 1 N–H and O–H groups in total. The Hall–Kier alpha value is -0.560. The van der Waals surface area contributed by atoms with Crippen molar-refractivity contribution in [3.05, 3.63) is 22.8 Å². The molecule has 2 aliphatic rings. The van der Waals surface area contributed by atoms with Gasteiger partial charge in [-0.15, -0.1) is 0 Å². The van der Waals surface area contributed by atoms with Gasteiger partial charge in [-0.2, -0.15) is 0 Å². The van der Waals surface area contributed by atoms with Crippen LogP contribution in [0.3, 0.4) is 0 Å². The molecule has 16 heavy (non-hydrogen) atoms. The first-order valence-electron chi connectivity index (χ1n) is 6.62. The summed E-state index contributed by atoms with van der Waals surface area (Å²) in [5.74, 6) is 2.17. The maximum absolute atomic E-state index is 9.44. The molecule has 2 atom stereocenters. The first kappa shape index (κ1) is 11.9. The molecule has 0 saturated carbocycles. The Kier molecular flexibility index (Phi) is 3.53. The highest BCUT2D eigenvalue weighted by atomic mass is 16.3. The van der Waals surface area contributed by atoms with E-state index in [4.69, 9.17) is 0 Å². The Morgan fingerprint density at radius 1 is 1.31 bits per heavy atom. The number of aliphatic hydroxyl groups is 1. The summed E-state index contributed by atoms with van der Waals surface area (Å²) < 4.78 is 0. The van der Waals surface area contributed by atoms with Gasteiger partial charge in [0.2, 0.25) is 0 Å². The van der Waals surface area contributed by atoms with Crippen molar-refractivity contribution in [2.75, 3.05) is 6.61 Å². The molecule has 0 aromatic heterocycles. The van der Waals surface area contributed by atoms with Gasteiger partial charge in [0.25, 0.3) is 0 Å². The molecule has 0 aromatic rings. The third kappa shape index (κ3) is 2.10. The van der Waals surface area contributed by atoms with E-state index in [2.05, 4.69) is 26.8 Å². The molecule has 0 aliphatic heterocycles. The van der Waals surface area contributed by atoms with E-state index in [9.17, 15) is 5.11 Å². The maximum Gasteiger partial charge on any atom is 0.0644 e. The number of hydrogen-bond acceptors (Lipinski definition) is 1. The first-order valence-corrected chi connectivity index (χ1v) is 6.62. The van der Waals surface area contributed by atoms with Crippen molar-refractivity contribution in [2.24, 2.45) is 17.8 Å². The second-order valence-corrected chi connectivity index (χ2v) is 5.77. The van der Waals surface area contributed by atoms with E-state index in [1.807, 2.05) is 0 Å². The molecule has 2 rings (SSSR count). The fraction of sp³-hybridized carbons (Fsp3) is 0.733. The second-order valence-electron chi connectivity index (χ2n) is 5.77. The monoisotopic (exact) mass is 220 g/mol. The van der Waals surface area contributed by atoms with E-state index in [0.717, 1.165) is 18.3 Å². The minimum Gasteiger partial charge on any atom is -0.392 e. The Balaban J connectivity index is 2.34. The predicted molar refractivity (Wildman–Crippen MR) is 68.2 cm³/mol.